The first kappa shape index (κ1) is 13.1. The van der Waals surface area contributed by atoms with Crippen LogP contribution in [-0.2, 0) is 4.74 Å². The van der Waals surface area contributed by atoms with Crippen LogP contribution in [0.25, 0.3) is 0 Å². The average molecular weight is 244 g/mol. The van der Waals surface area contributed by atoms with Crippen molar-refractivity contribution in [1.29, 1.82) is 5.26 Å². The van der Waals surface area contributed by atoms with E-state index in [4.69, 9.17) is 10.00 Å². The molecule has 0 bridgehead atoms. The lowest BCUT2D eigenvalue weighted by molar-refractivity contribution is 0.0188. The molecule has 0 spiro atoms. The van der Waals surface area contributed by atoms with Crippen molar-refractivity contribution >= 4 is 0 Å². The first-order valence-corrected chi connectivity index (χ1v) is 6.53. The van der Waals surface area contributed by atoms with Gasteiger partial charge in [-0.05, 0) is 25.3 Å². The van der Waals surface area contributed by atoms with Crippen molar-refractivity contribution < 1.29 is 4.74 Å². The number of hydrogen-bond acceptors (Lipinski definition) is 3. The van der Waals surface area contributed by atoms with Crippen LogP contribution in [0.1, 0.15) is 37.8 Å². The summed E-state index contributed by atoms with van der Waals surface area (Å²) in [5, 5.41) is 12.4. The highest BCUT2D eigenvalue weighted by Crippen LogP contribution is 2.25. The number of rotatable bonds is 5. The molecule has 1 aliphatic rings. The van der Waals surface area contributed by atoms with E-state index >= 15 is 0 Å². The standard InChI is InChI=1S/C15H20N2O/c1-15(9-5-11-18-15)12-17-14(8-10-16)13-6-3-2-4-7-13/h2-4,6-7,14,17H,5,8-9,11-12H2,1H3. The van der Waals surface area contributed by atoms with Gasteiger partial charge >= 0.3 is 0 Å². The molecular weight excluding hydrogens is 224 g/mol. The summed E-state index contributed by atoms with van der Waals surface area (Å²) >= 11 is 0. The van der Waals surface area contributed by atoms with Gasteiger partial charge in [-0.15, -0.1) is 0 Å². The molecule has 0 saturated carbocycles. The summed E-state index contributed by atoms with van der Waals surface area (Å²) in [6.07, 6.45) is 2.71. The van der Waals surface area contributed by atoms with Crippen LogP contribution in [0, 0.1) is 11.3 Å². The summed E-state index contributed by atoms with van der Waals surface area (Å²) in [7, 11) is 0. The van der Waals surface area contributed by atoms with Gasteiger partial charge in [0.05, 0.1) is 18.1 Å². The van der Waals surface area contributed by atoms with Gasteiger partial charge in [-0.3, -0.25) is 0 Å². The van der Waals surface area contributed by atoms with Crippen molar-refractivity contribution in [3.8, 4) is 6.07 Å². The Kier molecular flexibility index (Phi) is 4.35. The molecule has 96 valence electrons. The fraction of sp³-hybridized carbons (Fsp3) is 0.533. The molecule has 1 saturated heterocycles. The highest BCUT2D eigenvalue weighted by molar-refractivity contribution is 5.20. The fourth-order valence-electron chi connectivity index (χ4n) is 2.40. The van der Waals surface area contributed by atoms with E-state index in [-0.39, 0.29) is 11.6 Å². The van der Waals surface area contributed by atoms with Gasteiger partial charge in [0.2, 0.25) is 0 Å². The number of benzene rings is 1. The monoisotopic (exact) mass is 244 g/mol. The van der Waals surface area contributed by atoms with Crippen LogP contribution in [0.3, 0.4) is 0 Å². The van der Waals surface area contributed by atoms with Crippen LogP contribution >= 0.6 is 0 Å². The van der Waals surface area contributed by atoms with Crippen LogP contribution in [0.4, 0.5) is 0 Å². The van der Waals surface area contributed by atoms with Crippen LogP contribution in [0.15, 0.2) is 30.3 Å². The van der Waals surface area contributed by atoms with Gasteiger partial charge in [0.15, 0.2) is 0 Å². The Morgan fingerprint density at radius 3 is 2.83 bits per heavy atom. The van der Waals surface area contributed by atoms with E-state index in [1.165, 1.54) is 5.56 Å². The second kappa shape index (κ2) is 5.99. The normalized spacial score (nSPS) is 24.7. The molecule has 1 aliphatic heterocycles. The Bertz CT molecular complexity index is 404. The first-order valence-electron chi connectivity index (χ1n) is 6.53. The largest absolute Gasteiger partial charge is 0.374 e. The molecule has 1 aromatic carbocycles. The number of ether oxygens (including phenoxy) is 1. The summed E-state index contributed by atoms with van der Waals surface area (Å²) < 4.78 is 5.76. The quantitative estimate of drug-likeness (QED) is 0.866. The molecule has 0 aromatic heterocycles. The SMILES string of the molecule is CC1(CNC(CC#N)c2ccccc2)CCCO1. The number of nitrogens with one attached hydrogen (secondary N) is 1. The molecule has 0 radical (unpaired) electrons. The van der Waals surface area contributed by atoms with E-state index in [0.29, 0.717) is 6.42 Å². The van der Waals surface area contributed by atoms with Gasteiger partial charge in [-0.25, -0.2) is 0 Å². The summed E-state index contributed by atoms with van der Waals surface area (Å²) in [6.45, 7) is 3.79. The maximum Gasteiger partial charge on any atom is 0.0779 e. The molecule has 3 heteroatoms. The minimum atomic E-state index is -0.0670. The van der Waals surface area contributed by atoms with Gasteiger partial charge in [0.25, 0.3) is 0 Å². The van der Waals surface area contributed by atoms with Crippen LogP contribution in [0.5, 0.6) is 0 Å². The average Bonchev–Trinajstić information content (AvgIpc) is 2.83. The molecule has 0 aliphatic carbocycles. The molecule has 2 rings (SSSR count). The fourth-order valence-corrected chi connectivity index (χ4v) is 2.40. The maximum absolute atomic E-state index is 8.93. The van der Waals surface area contributed by atoms with Crippen molar-refractivity contribution in [2.24, 2.45) is 0 Å². The summed E-state index contributed by atoms with van der Waals surface area (Å²) in [5.41, 5.74) is 1.10. The van der Waals surface area contributed by atoms with E-state index in [1.807, 2.05) is 18.2 Å². The minimum absolute atomic E-state index is 0.0670. The van der Waals surface area contributed by atoms with Crippen LogP contribution < -0.4 is 5.32 Å². The first-order chi connectivity index (χ1) is 8.73. The van der Waals surface area contributed by atoms with Crippen LogP contribution in [0.2, 0.25) is 0 Å². The van der Waals surface area contributed by atoms with E-state index in [2.05, 4.69) is 30.4 Å². The zero-order valence-electron chi connectivity index (χ0n) is 10.9. The summed E-state index contributed by atoms with van der Waals surface area (Å²) in [6, 6.07) is 12.5. The van der Waals surface area contributed by atoms with Gasteiger partial charge in [-0.1, -0.05) is 30.3 Å². The van der Waals surface area contributed by atoms with E-state index in [1.54, 1.807) is 0 Å². The summed E-state index contributed by atoms with van der Waals surface area (Å²) in [4.78, 5) is 0. The third-order valence-electron chi connectivity index (χ3n) is 3.52. The Labute approximate surface area is 109 Å². The minimum Gasteiger partial charge on any atom is -0.374 e. The third-order valence-corrected chi connectivity index (χ3v) is 3.52. The third kappa shape index (κ3) is 3.32. The van der Waals surface area contributed by atoms with E-state index in [9.17, 15) is 0 Å². The Morgan fingerprint density at radius 2 is 2.22 bits per heavy atom. The summed E-state index contributed by atoms with van der Waals surface area (Å²) in [5.74, 6) is 0. The molecule has 1 N–H and O–H groups in total. The molecule has 1 heterocycles. The second-order valence-corrected chi connectivity index (χ2v) is 5.11. The van der Waals surface area contributed by atoms with Crippen molar-refractivity contribution in [2.45, 2.75) is 37.8 Å². The van der Waals surface area contributed by atoms with Gasteiger partial charge < -0.3 is 10.1 Å². The lowest BCUT2D eigenvalue weighted by Gasteiger charge is -2.26. The highest BCUT2D eigenvalue weighted by atomic mass is 16.5. The van der Waals surface area contributed by atoms with Crippen molar-refractivity contribution in [3.05, 3.63) is 35.9 Å². The van der Waals surface area contributed by atoms with Gasteiger partial charge in [0.1, 0.15) is 0 Å². The zero-order chi connectivity index (χ0) is 12.8. The van der Waals surface area contributed by atoms with E-state index < -0.39 is 0 Å². The Morgan fingerprint density at radius 1 is 1.44 bits per heavy atom. The number of nitriles is 1. The van der Waals surface area contributed by atoms with Crippen molar-refractivity contribution in [2.75, 3.05) is 13.2 Å². The second-order valence-electron chi connectivity index (χ2n) is 5.11. The van der Waals surface area contributed by atoms with Gasteiger partial charge in [-0.2, -0.15) is 5.26 Å². The lowest BCUT2D eigenvalue weighted by atomic mass is 10.00. The molecule has 1 fully saturated rings. The molecule has 0 amide bonds. The number of nitrogens with zero attached hydrogens (tertiary/aromatic N) is 1. The predicted octanol–water partition coefficient (Wildman–Crippen LogP) is 2.80. The molecule has 3 nitrogen and oxygen atoms in total. The number of hydrogen-bond donors (Lipinski definition) is 1. The zero-order valence-corrected chi connectivity index (χ0v) is 10.9. The Hall–Kier alpha value is -1.37. The topological polar surface area (TPSA) is 45.0 Å². The predicted molar refractivity (Wildman–Crippen MR) is 71.0 cm³/mol. The van der Waals surface area contributed by atoms with Crippen molar-refractivity contribution in [1.82, 2.24) is 5.32 Å². The molecule has 2 atom stereocenters. The molecular formula is C15H20N2O. The molecule has 1 aromatic rings. The molecule has 18 heavy (non-hydrogen) atoms. The smallest absolute Gasteiger partial charge is 0.0779 e. The maximum atomic E-state index is 8.93. The Balaban J connectivity index is 1.97. The highest BCUT2D eigenvalue weighted by Gasteiger charge is 2.30. The van der Waals surface area contributed by atoms with Crippen molar-refractivity contribution in [3.63, 3.8) is 0 Å². The van der Waals surface area contributed by atoms with Crippen LogP contribution in [-0.4, -0.2) is 18.8 Å². The van der Waals surface area contributed by atoms with E-state index in [0.717, 1.165) is 26.0 Å². The molecule has 2 unspecified atom stereocenters. The lowest BCUT2D eigenvalue weighted by Crippen LogP contribution is -2.38. The van der Waals surface area contributed by atoms with Gasteiger partial charge in [0, 0.05) is 19.2 Å².